The molecule has 1 aromatic rings. The Morgan fingerprint density at radius 2 is 2.06 bits per heavy atom. The number of hydrogen-bond donors (Lipinski definition) is 1. The third-order valence-corrected chi connectivity index (χ3v) is 3.39. The number of nitrogens with zero attached hydrogens (tertiary/aromatic N) is 1. The van der Waals surface area contributed by atoms with Gasteiger partial charge in [0.25, 0.3) is 0 Å². The SMILES string of the molecule is CCC1COC(C)CN1c1ccc(CO)cc1. The number of hydrogen-bond acceptors (Lipinski definition) is 3. The smallest absolute Gasteiger partial charge is 0.0723 e. The van der Waals surface area contributed by atoms with Gasteiger partial charge in [0, 0.05) is 12.2 Å². The van der Waals surface area contributed by atoms with Crippen molar-refractivity contribution in [1.82, 2.24) is 0 Å². The molecule has 1 saturated heterocycles. The van der Waals surface area contributed by atoms with Gasteiger partial charge in [0.1, 0.15) is 0 Å². The van der Waals surface area contributed by atoms with Crippen LogP contribution >= 0.6 is 0 Å². The molecule has 1 heterocycles. The molecule has 94 valence electrons. The van der Waals surface area contributed by atoms with Gasteiger partial charge in [0.15, 0.2) is 0 Å². The van der Waals surface area contributed by atoms with Crippen molar-refractivity contribution in [2.75, 3.05) is 18.1 Å². The largest absolute Gasteiger partial charge is 0.392 e. The predicted molar refractivity (Wildman–Crippen MR) is 69.2 cm³/mol. The van der Waals surface area contributed by atoms with E-state index in [9.17, 15) is 0 Å². The molecule has 1 N–H and O–H groups in total. The van der Waals surface area contributed by atoms with E-state index in [1.807, 2.05) is 12.1 Å². The van der Waals surface area contributed by atoms with Gasteiger partial charge in [-0.25, -0.2) is 0 Å². The van der Waals surface area contributed by atoms with E-state index in [0.717, 1.165) is 25.1 Å². The van der Waals surface area contributed by atoms with E-state index < -0.39 is 0 Å². The lowest BCUT2D eigenvalue weighted by atomic mass is 10.1. The highest BCUT2D eigenvalue weighted by Gasteiger charge is 2.25. The number of aliphatic hydroxyl groups is 1. The zero-order valence-electron chi connectivity index (χ0n) is 10.6. The van der Waals surface area contributed by atoms with Crippen molar-refractivity contribution in [3.8, 4) is 0 Å². The second kappa shape index (κ2) is 5.52. The fraction of sp³-hybridized carbons (Fsp3) is 0.571. The average molecular weight is 235 g/mol. The van der Waals surface area contributed by atoms with Crippen LogP contribution in [0.5, 0.6) is 0 Å². The molecule has 17 heavy (non-hydrogen) atoms. The molecule has 0 aliphatic carbocycles. The summed E-state index contributed by atoms with van der Waals surface area (Å²) in [4.78, 5) is 2.41. The molecule has 1 fully saturated rings. The molecule has 3 heteroatoms. The molecular formula is C14H21NO2. The van der Waals surface area contributed by atoms with Crippen molar-refractivity contribution in [1.29, 1.82) is 0 Å². The van der Waals surface area contributed by atoms with Crippen LogP contribution in [0.4, 0.5) is 5.69 Å². The van der Waals surface area contributed by atoms with Gasteiger partial charge in [-0.1, -0.05) is 19.1 Å². The van der Waals surface area contributed by atoms with Crippen molar-refractivity contribution >= 4 is 5.69 Å². The topological polar surface area (TPSA) is 32.7 Å². The van der Waals surface area contributed by atoms with Crippen LogP contribution in [-0.4, -0.2) is 30.4 Å². The van der Waals surface area contributed by atoms with Gasteiger partial charge < -0.3 is 14.7 Å². The van der Waals surface area contributed by atoms with Crippen LogP contribution < -0.4 is 4.90 Å². The Balaban J connectivity index is 2.16. The highest BCUT2D eigenvalue weighted by molar-refractivity contribution is 5.49. The molecule has 2 rings (SSSR count). The van der Waals surface area contributed by atoms with Gasteiger partial charge in [-0.2, -0.15) is 0 Å². The molecule has 1 aliphatic rings. The van der Waals surface area contributed by atoms with Crippen molar-refractivity contribution in [2.45, 2.75) is 39.0 Å². The fourth-order valence-corrected chi connectivity index (χ4v) is 2.29. The molecule has 2 unspecified atom stereocenters. The first-order valence-electron chi connectivity index (χ1n) is 6.32. The Bertz CT molecular complexity index is 350. The minimum atomic E-state index is 0.108. The molecule has 0 amide bonds. The molecule has 0 spiro atoms. The minimum Gasteiger partial charge on any atom is -0.392 e. The first kappa shape index (κ1) is 12.4. The van der Waals surface area contributed by atoms with Gasteiger partial charge >= 0.3 is 0 Å². The fourth-order valence-electron chi connectivity index (χ4n) is 2.29. The minimum absolute atomic E-state index is 0.108. The van der Waals surface area contributed by atoms with Crippen LogP contribution in [0.3, 0.4) is 0 Å². The normalized spacial score (nSPS) is 25.0. The summed E-state index contributed by atoms with van der Waals surface area (Å²) in [5.41, 5.74) is 2.19. The van der Waals surface area contributed by atoms with E-state index >= 15 is 0 Å². The van der Waals surface area contributed by atoms with Crippen molar-refractivity contribution in [2.24, 2.45) is 0 Å². The number of ether oxygens (including phenoxy) is 1. The number of aliphatic hydroxyl groups excluding tert-OH is 1. The predicted octanol–water partition coefficient (Wildman–Crippen LogP) is 2.18. The maximum Gasteiger partial charge on any atom is 0.0723 e. The Morgan fingerprint density at radius 3 is 2.65 bits per heavy atom. The van der Waals surface area contributed by atoms with E-state index in [2.05, 4.69) is 30.9 Å². The molecule has 2 atom stereocenters. The molecule has 1 aromatic carbocycles. The molecule has 0 radical (unpaired) electrons. The number of benzene rings is 1. The van der Waals surface area contributed by atoms with Gasteiger partial charge in [0.05, 0.1) is 25.4 Å². The monoisotopic (exact) mass is 235 g/mol. The molecule has 1 aliphatic heterocycles. The summed E-state index contributed by atoms with van der Waals surface area (Å²) in [6.45, 7) is 6.16. The zero-order chi connectivity index (χ0) is 12.3. The lowest BCUT2D eigenvalue weighted by Crippen LogP contribution is -2.48. The Morgan fingerprint density at radius 1 is 1.35 bits per heavy atom. The third-order valence-electron chi connectivity index (χ3n) is 3.39. The maximum atomic E-state index is 9.05. The van der Waals surface area contributed by atoms with Gasteiger partial charge in [-0.05, 0) is 31.0 Å². The van der Waals surface area contributed by atoms with Crippen molar-refractivity contribution in [3.63, 3.8) is 0 Å². The summed E-state index contributed by atoms with van der Waals surface area (Å²) in [7, 11) is 0. The maximum absolute atomic E-state index is 9.05. The summed E-state index contributed by atoms with van der Waals surface area (Å²) in [5.74, 6) is 0. The molecule has 0 aromatic heterocycles. The summed E-state index contributed by atoms with van der Waals surface area (Å²) < 4.78 is 5.70. The zero-order valence-corrected chi connectivity index (χ0v) is 10.6. The molecule has 3 nitrogen and oxygen atoms in total. The highest BCUT2D eigenvalue weighted by Crippen LogP contribution is 2.23. The lowest BCUT2D eigenvalue weighted by Gasteiger charge is -2.40. The number of rotatable bonds is 3. The number of anilines is 1. The van der Waals surface area contributed by atoms with E-state index in [-0.39, 0.29) is 12.7 Å². The van der Waals surface area contributed by atoms with Crippen LogP contribution in [0, 0.1) is 0 Å². The molecular weight excluding hydrogens is 214 g/mol. The summed E-state index contributed by atoms with van der Waals surface area (Å²) in [6.07, 6.45) is 1.38. The van der Waals surface area contributed by atoms with Crippen LogP contribution in [0.25, 0.3) is 0 Å². The van der Waals surface area contributed by atoms with Gasteiger partial charge in [-0.15, -0.1) is 0 Å². The van der Waals surface area contributed by atoms with Crippen LogP contribution in [0.1, 0.15) is 25.8 Å². The highest BCUT2D eigenvalue weighted by atomic mass is 16.5. The quantitative estimate of drug-likeness (QED) is 0.871. The summed E-state index contributed by atoms with van der Waals surface area (Å²) in [6, 6.07) is 8.62. The van der Waals surface area contributed by atoms with Gasteiger partial charge in [-0.3, -0.25) is 0 Å². The third kappa shape index (κ3) is 2.79. The van der Waals surface area contributed by atoms with Crippen LogP contribution in [0.2, 0.25) is 0 Å². The second-order valence-electron chi connectivity index (χ2n) is 4.68. The Labute approximate surface area is 103 Å². The first-order chi connectivity index (χ1) is 8.24. The Kier molecular flexibility index (Phi) is 4.02. The first-order valence-corrected chi connectivity index (χ1v) is 6.32. The van der Waals surface area contributed by atoms with E-state index in [1.165, 1.54) is 5.69 Å². The van der Waals surface area contributed by atoms with E-state index in [1.54, 1.807) is 0 Å². The van der Waals surface area contributed by atoms with E-state index in [4.69, 9.17) is 9.84 Å². The van der Waals surface area contributed by atoms with Crippen LogP contribution in [-0.2, 0) is 11.3 Å². The molecule has 0 saturated carbocycles. The van der Waals surface area contributed by atoms with Crippen molar-refractivity contribution in [3.05, 3.63) is 29.8 Å². The van der Waals surface area contributed by atoms with Gasteiger partial charge in [0.2, 0.25) is 0 Å². The van der Waals surface area contributed by atoms with E-state index in [0.29, 0.717) is 6.04 Å². The second-order valence-corrected chi connectivity index (χ2v) is 4.68. The lowest BCUT2D eigenvalue weighted by molar-refractivity contribution is 0.0299. The number of morpholine rings is 1. The molecule has 0 bridgehead atoms. The average Bonchev–Trinajstić information content (AvgIpc) is 2.39. The summed E-state index contributed by atoms with van der Waals surface area (Å²) >= 11 is 0. The standard InChI is InChI=1S/C14H21NO2/c1-3-13-10-17-11(2)8-15(13)14-6-4-12(9-16)5-7-14/h4-7,11,13,16H,3,8-10H2,1-2H3. The Hall–Kier alpha value is -1.06. The summed E-state index contributed by atoms with van der Waals surface area (Å²) in [5, 5.41) is 9.05. The van der Waals surface area contributed by atoms with Crippen molar-refractivity contribution < 1.29 is 9.84 Å². The van der Waals surface area contributed by atoms with Crippen LogP contribution in [0.15, 0.2) is 24.3 Å².